The number of amides is 2. The van der Waals surface area contributed by atoms with Gasteiger partial charge in [0.15, 0.2) is 17.5 Å². The molecule has 2 amide bonds. The van der Waals surface area contributed by atoms with Gasteiger partial charge in [0.2, 0.25) is 0 Å². The van der Waals surface area contributed by atoms with Crippen molar-refractivity contribution in [3.05, 3.63) is 63.4 Å². The fourth-order valence-corrected chi connectivity index (χ4v) is 2.27. The molecule has 0 aliphatic heterocycles. The number of benzene rings is 2. The van der Waals surface area contributed by atoms with E-state index in [2.05, 4.69) is 16.2 Å². The molecule has 3 N–H and O–H groups in total. The van der Waals surface area contributed by atoms with Gasteiger partial charge in [0.25, 0.3) is 11.8 Å². The molecule has 1 unspecified atom stereocenters. The van der Waals surface area contributed by atoms with Crippen LogP contribution in [-0.2, 0) is 4.79 Å². The van der Waals surface area contributed by atoms with E-state index >= 15 is 0 Å². The van der Waals surface area contributed by atoms with Crippen LogP contribution in [0.15, 0.2) is 30.3 Å². The van der Waals surface area contributed by atoms with E-state index in [4.69, 9.17) is 23.2 Å². The van der Waals surface area contributed by atoms with Crippen molar-refractivity contribution in [3.63, 3.8) is 0 Å². The molecule has 5 nitrogen and oxygen atoms in total. The van der Waals surface area contributed by atoms with Crippen LogP contribution >= 0.6 is 23.2 Å². The third-order valence-corrected chi connectivity index (χ3v) is 4.11. The van der Waals surface area contributed by atoms with Crippen LogP contribution in [0.2, 0.25) is 10.0 Å². The molecule has 0 bridgehead atoms. The predicted octanol–water partition coefficient (Wildman–Crippen LogP) is 3.67. The molecule has 26 heavy (non-hydrogen) atoms. The van der Waals surface area contributed by atoms with E-state index in [9.17, 15) is 22.8 Å². The van der Waals surface area contributed by atoms with Gasteiger partial charge in [-0.1, -0.05) is 29.3 Å². The van der Waals surface area contributed by atoms with E-state index in [1.807, 2.05) is 0 Å². The number of halogens is 5. The standard InChI is InChI=1S/C16H12Cl2F3N3O2/c1-7(22-16(26)8-3-2-4-9(17)12(8)18)15(25)24-23-11-6-5-10(19)13(20)14(11)21/h2-7,23H,1H3,(H,22,26)(H,24,25). The minimum atomic E-state index is -1.68. The summed E-state index contributed by atoms with van der Waals surface area (Å²) in [7, 11) is 0. The molecule has 0 aliphatic rings. The van der Waals surface area contributed by atoms with E-state index in [0.29, 0.717) is 6.07 Å². The van der Waals surface area contributed by atoms with Crippen molar-refractivity contribution in [2.24, 2.45) is 0 Å². The first-order chi connectivity index (χ1) is 12.2. The molecule has 2 rings (SSSR count). The van der Waals surface area contributed by atoms with Gasteiger partial charge in [0.05, 0.1) is 21.3 Å². The molecule has 138 valence electrons. The quantitative estimate of drug-likeness (QED) is 0.524. The zero-order chi connectivity index (χ0) is 19.4. The highest BCUT2D eigenvalue weighted by atomic mass is 35.5. The summed E-state index contributed by atoms with van der Waals surface area (Å²) >= 11 is 11.7. The number of rotatable bonds is 5. The van der Waals surface area contributed by atoms with Gasteiger partial charge in [-0.2, -0.15) is 0 Å². The molecule has 0 saturated carbocycles. The van der Waals surface area contributed by atoms with Crippen LogP contribution in [0, 0.1) is 17.5 Å². The average Bonchev–Trinajstić information content (AvgIpc) is 2.61. The van der Waals surface area contributed by atoms with Crippen molar-refractivity contribution in [2.45, 2.75) is 13.0 Å². The van der Waals surface area contributed by atoms with Gasteiger partial charge < -0.3 is 5.32 Å². The molecule has 0 fully saturated rings. The van der Waals surface area contributed by atoms with Gasteiger partial charge in [-0.3, -0.25) is 20.4 Å². The van der Waals surface area contributed by atoms with Crippen LogP contribution in [0.25, 0.3) is 0 Å². The van der Waals surface area contributed by atoms with Gasteiger partial charge in [0, 0.05) is 0 Å². The SMILES string of the molecule is CC(NC(=O)c1cccc(Cl)c1Cl)C(=O)NNc1ccc(F)c(F)c1F. The molecule has 10 heteroatoms. The Bertz CT molecular complexity index is 865. The maximum absolute atomic E-state index is 13.5. The van der Waals surface area contributed by atoms with Crippen LogP contribution in [0.4, 0.5) is 18.9 Å². The summed E-state index contributed by atoms with van der Waals surface area (Å²) in [6, 6.07) is 4.97. The van der Waals surface area contributed by atoms with Crippen LogP contribution in [-0.4, -0.2) is 17.9 Å². The summed E-state index contributed by atoms with van der Waals surface area (Å²) in [5.74, 6) is -5.95. The van der Waals surface area contributed by atoms with Gasteiger partial charge in [-0.25, -0.2) is 13.2 Å². The Morgan fingerprint density at radius 2 is 1.73 bits per heavy atom. The summed E-state index contributed by atoms with van der Waals surface area (Å²) < 4.78 is 39.5. The molecule has 2 aromatic rings. The van der Waals surface area contributed by atoms with Gasteiger partial charge in [0.1, 0.15) is 6.04 Å². The van der Waals surface area contributed by atoms with Crippen LogP contribution < -0.4 is 16.2 Å². The lowest BCUT2D eigenvalue weighted by Gasteiger charge is -2.16. The second-order valence-electron chi connectivity index (χ2n) is 5.13. The predicted molar refractivity (Wildman–Crippen MR) is 91.5 cm³/mol. The minimum absolute atomic E-state index is 0.0289. The highest BCUT2D eigenvalue weighted by Crippen LogP contribution is 2.25. The lowest BCUT2D eigenvalue weighted by Crippen LogP contribution is -2.46. The highest BCUT2D eigenvalue weighted by molar-refractivity contribution is 6.43. The van der Waals surface area contributed by atoms with E-state index in [0.717, 1.165) is 6.07 Å². The van der Waals surface area contributed by atoms with Crippen molar-refractivity contribution in [1.82, 2.24) is 10.7 Å². The number of hydrazine groups is 1. The number of nitrogens with one attached hydrogen (secondary N) is 3. The summed E-state index contributed by atoms with van der Waals surface area (Å²) in [4.78, 5) is 24.1. The maximum Gasteiger partial charge on any atom is 0.260 e. The molecular weight excluding hydrogens is 394 g/mol. The van der Waals surface area contributed by atoms with E-state index in [-0.39, 0.29) is 15.6 Å². The molecular formula is C16H12Cl2F3N3O2. The monoisotopic (exact) mass is 405 g/mol. The molecule has 2 aromatic carbocycles. The van der Waals surface area contributed by atoms with Crippen LogP contribution in [0.3, 0.4) is 0 Å². The summed E-state index contributed by atoms with van der Waals surface area (Å²) in [5, 5.41) is 2.58. The molecule has 0 aromatic heterocycles. The van der Waals surface area contributed by atoms with Crippen molar-refractivity contribution >= 4 is 40.7 Å². The van der Waals surface area contributed by atoms with E-state index < -0.39 is 41.0 Å². The molecule has 0 spiro atoms. The molecule has 0 aliphatic carbocycles. The number of carbonyl (C=O) groups is 2. The maximum atomic E-state index is 13.5. The summed E-state index contributed by atoms with van der Waals surface area (Å²) in [5.41, 5.74) is 3.78. The van der Waals surface area contributed by atoms with Crippen molar-refractivity contribution in [3.8, 4) is 0 Å². The molecule has 0 saturated heterocycles. The second-order valence-corrected chi connectivity index (χ2v) is 5.92. The second kappa shape index (κ2) is 8.29. The Morgan fingerprint density at radius 1 is 1.04 bits per heavy atom. The average molecular weight is 406 g/mol. The van der Waals surface area contributed by atoms with Crippen molar-refractivity contribution < 1.29 is 22.8 Å². The topological polar surface area (TPSA) is 70.2 Å². The fourth-order valence-electron chi connectivity index (χ4n) is 1.88. The largest absolute Gasteiger partial charge is 0.340 e. The normalized spacial score (nSPS) is 11.6. The third-order valence-electron chi connectivity index (χ3n) is 3.29. The summed E-state index contributed by atoms with van der Waals surface area (Å²) in [6.07, 6.45) is 0. The number of hydrogen-bond acceptors (Lipinski definition) is 3. The Balaban J connectivity index is 1.99. The Hall–Kier alpha value is -2.45. The van der Waals surface area contributed by atoms with E-state index in [1.165, 1.54) is 25.1 Å². The van der Waals surface area contributed by atoms with Crippen LogP contribution in [0.1, 0.15) is 17.3 Å². The molecule has 0 radical (unpaired) electrons. The molecule has 0 heterocycles. The number of carbonyl (C=O) groups excluding carboxylic acids is 2. The van der Waals surface area contributed by atoms with Gasteiger partial charge >= 0.3 is 0 Å². The van der Waals surface area contributed by atoms with Crippen LogP contribution in [0.5, 0.6) is 0 Å². The first kappa shape index (κ1) is 19.9. The van der Waals surface area contributed by atoms with Gasteiger partial charge in [-0.15, -0.1) is 0 Å². The zero-order valence-corrected chi connectivity index (χ0v) is 14.7. The number of hydrogen-bond donors (Lipinski definition) is 3. The minimum Gasteiger partial charge on any atom is -0.340 e. The lowest BCUT2D eigenvalue weighted by atomic mass is 10.2. The van der Waals surface area contributed by atoms with Crippen molar-refractivity contribution in [1.29, 1.82) is 0 Å². The Morgan fingerprint density at radius 3 is 2.42 bits per heavy atom. The third kappa shape index (κ3) is 4.39. The van der Waals surface area contributed by atoms with Gasteiger partial charge in [-0.05, 0) is 31.2 Å². The van der Waals surface area contributed by atoms with Crippen molar-refractivity contribution in [2.75, 3.05) is 5.43 Å². The Labute approximate surface area is 156 Å². The lowest BCUT2D eigenvalue weighted by molar-refractivity contribution is -0.122. The Kier molecular flexibility index (Phi) is 6.33. The first-order valence-corrected chi connectivity index (χ1v) is 7.92. The molecule has 1 atom stereocenters. The first-order valence-electron chi connectivity index (χ1n) is 7.16. The smallest absolute Gasteiger partial charge is 0.260 e. The number of anilines is 1. The highest BCUT2D eigenvalue weighted by Gasteiger charge is 2.20. The zero-order valence-electron chi connectivity index (χ0n) is 13.2. The summed E-state index contributed by atoms with van der Waals surface area (Å²) in [6.45, 7) is 1.36. The van der Waals surface area contributed by atoms with E-state index in [1.54, 1.807) is 0 Å². The fraction of sp³-hybridized carbons (Fsp3) is 0.125.